The van der Waals surface area contributed by atoms with Gasteiger partial charge in [-0.3, -0.25) is 0 Å². The maximum atomic E-state index is 6.13. The molecule has 0 heterocycles. The standard InChI is InChI=1S/C18H40O6Si/c1-7-13-14-15-16-17-18(19-8-2,20-9-3)25(22-11-5,23-12-6)24-21-10-4/h7-17H2,1-6H3. The number of rotatable bonds is 18. The number of ether oxygens (including phenoxy) is 2. The number of unbranched alkanes of at least 4 members (excludes halogenated alkanes) is 4. The Morgan fingerprint density at radius 2 is 1.20 bits per heavy atom. The van der Waals surface area contributed by atoms with Crippen LogP contribution in [0.4, 0.5) is 0 Å². The molecule has 0 unspecified atom stereocenters. The normalized spacial score (nSPS) is 12.7. The van der Waals surface area contributed by atoms with E-state index in [2.05, 4.69) is 6.92 Å². The summed E-state index contributed by atoms with van der Waals surface area (Å²) in [6.07, 6.45) is 6.40. The average Bonchev–Trinajstić information content (AvgIpc) is 2.60. The van der Waals surface area contributed by atoms with Gasteiger partial charge in [-0.1, -0.05) is 32.6 Å². The topological polar surface area (TPSA) is 55.4 Å². The van der Waals surface area contributed by atoms with Gasteiger partial charge in [0, 0.05) is 32.8 Å². The molecule has 0 aromatic rings. The van der Waals surface area contributed by atoms with E-state index in [4.69, 9.17) is 27.8 Å². The van der Waals surface area contributed by atoms with Crippen molar-refractivity contribution < 1.29 is 27.8 Å². The van der Waals surface area contributed by atoms with E-state index in [0.29, 0.717) is 39.5 Å². The minimum atomic E-state index is -3.37. The molecule has 0 aliphatic carbocycles. The molecule has 0 saturated heterocycles. The van der Waals surface area contributed by atoms with Crippen molar-refractivity contribution in [1.29, 1.82) is 0 Å². The van der Waals surface area contributed by atoms with E-state index in [1.807, 2.05) is 34.6 Å². The first-order valence-corrected chi connectivity index (χ1v) is 11.7. The Hall–Kier alpha value is -0.0231. The van der Waals surface area contributed by atoms with Crippen LogP contribution in [0.25, 0.3) is 0 Å². The molecule has 0 amide bonds. The lowest BCUT2D eigenvalue weighted by Crippen LogP contribution is -2.68. The molecule has 0 atom stereocenters. The highest BCUT2D eigenvalue weighted by molar-refractivity contribution is 6.63. The highest BCUT2D eigenvalue weighted by Crippen LogP contribution is 2.35. The Balaban J connectivity index is 5.51. The van der Waals surface area contributed by atoms with E-state index in [-0.39, 0.29) is 0 Å². The van der Waals surface area contributed by atoms with Crippen molar-refractivity contribution in [2.75, 3.05) is 33.0 Å². The molecule has 7 heteroatoms. The van der Waals surface area contributed by atoms with E-state index < -0.39 is 14.2 Å². The summed E-state index contributed by atoms with van der Waals surface area (Å²) in [6.45, 7) is 14.1. The Labute approximate surface area is 155 Å². The van der Waals surface area contributed by atoms with E-state index in [1.165, 1.54) is 19.3 Å². The number of hydrogen-bond acceptors (Lipinski definition) is 6. The molecule has 0 N–H and O–H groups in total. The zero-order valence-electron chi connectivity index (χ0n) is 17.2. The van der Waals surface area contributed by atoms with Crippen LogP contribution in [0.15, 0.2) is 0 Å². The van der Waals surface area contributed by atoms with Gasteiger partial charge in [0.05, 0.1) is 6.61 Å². The lowest BCUT2D eigenvalue weighted by molar-refractivity contribution is -0.299. The van der Waals surface area contributed by atoms with Gasteiger partial charge in [0.1, 0.15) is 0 Å². The highest BCUT2D eigenvalue weighted by atomic mass is 28.4. The Bertz CT molecular complexity index is 291. The second-order valence-corrected chi connectivity index (χ2v) is 8.31. The summed E-state index contributed by atoms with van der Waals surface area (Å²) in [5, 5.41) is 0. The van der Waals surface area contributed by atoms with Gasteiger partial charge in [-0.15, -0.1) is 0 Å². The van der Waals surface area contributed by atoms with Gasteiger partial charge >= 0.3 is 8.80 Å². The van der Waals surface area contributed by atoms with Crippen LogP contribution in [-0.2, 0) is 27.8 Å². The molecule has 0 fully saturated rings. The van der Waals surface area contributed by atoms with Gasteiger partial charge in [0.2, 0.25) is 5.41 Å². The van der Waals surface area contributed by atoms with Gasteiger partial charge in [-0.25, -0.2) is 9.46 Å². The maximum absolute atomic E-state index is 6.13. The molecule has 0 spiro atoms. The minimum Gasteiger partial charge on any atom is -0.369 e. The molecule has 0 aliphatic heterocycles. The fraction of sp³-hybridized carbons (Fsp3) is 1.00. The first-order chi connectivity index (χ1) is 12.1. The van der Waals surface area contributed by atoms with Crippen molar-refractivity contribution in [3.05, 3.63) is 0 Å². The summed E-state index contributed by atoms with van der Waals surface area (Å²) in [4.78, 5) is 5.30. The third-order valence-electron chi connectivity index (χ3n) is 3.79. The van der Waals surface area contributed by atoms with Crippen molar-refractivity contribution in [3.63, 3.8) is 0 Å². The molecule has 152 valence electrons. The third kappa shape index (κ3) is 8.03. The predicted molar refractivity (Wildman–Crippen MR) is 101 cm³/mol. The Kier molecular flexibility index (Phi) is 15.1. The number of hydrogen-bond donors (Lipinski definition) is 0. The molecular formula is C18H40O6Si. The largest absolute Gasteiger partial charge is 0.591 e. The minimum absolute atomic E-state index is 0.403. The van der Waals surface area contributed by atoms with E-state index in [9.17, 15) is 0 Å². The van der Waals surface area contributed by atoms with Crippen LogP contribution in [0.2, 0.25) is 0 Å². The quantitative estimate of drug-likeness (QED) is 0.114. The highest BCUT2D eigenvalue weighted by Gasteiger charge is 2.65. The van der Waals surface area contributed by atoms with Crippen molar-refractivity contribution in [3.8, 4) is 0 Å². The van der Waals surface area contributed by atoms with E-state index in [1.54, 1.807) is 0 Å². The lowest BCUT2D eigenvalue weighted by atomic mass is 10.1. The van der Waals surface area contributed by atoms with Crippen molar-refractivity contribution in [1.82, 2.24) is 0 Å². The molecule has 0 aromatic heterocycles. The van der Waals surface area contributed by atoms with Crippen LogP contribution in [0.3, 0.4) is 0 Å². The summed E-state index contributed by atoms with van der Waals surface area (Å²) in [7, 11) is -3.37. The van der Waals surface area contributed by atoms with Gasteiger partial charge in [0.15, 0.2) is 0 Å². The lowest BCUT2D eigenvalue weighted by Gasteiger charge is -2.43. The van der Waals surface area contributed by atoms with Crippen LogP contribution < -0.4 is 0 Å². The summed E-state index contributed by atoms with van der Waals surface area (Å²) in [6, 6.07) is 0. The van der Waals surface area contributed by atoms with Crippen LogP contribution in [0, 0.1) is 0 Å². The average molecular weight is 381 g/mol. The van der Waals surface area contributed by atoms with Crippen molar-refractivity contribution in [2.45, 2.75) is 85.5 Å². The summed E-state index contributed by atoms with van der Waals surface area (Å²) in [5.74, 6) is 0. The van der Waals surface area contributed by atoms with E-state index >= 15 is 0 Å². The van der Waals surface area contributed by atoms with Gasteiger partial charge in [-0.05, 0) is 41.0 Å². The van der Waals surface area contributed by atoms with Crippen molar-refractivity contribution >= 4 is 8.80 Å². The Morgan fingerprint density at radius 3 is 1.64 bits per heavy atom. The summed E-state index contributed by atoms with van der Waals surface area (Å²) < 4.78 is 30.1. The second-order valence-electron chi connectivity index (χ2n) is 5.70. The first kappa shape index (κ1) is 25.0. The van der Waals surface area contributed by atoms with Gasteiger partial charge in [0.25, 0.3) is 0 Å². The summed E-state index contributed by atoms with van der Waals surface area (Å²) in [5.41, 5.74) is -1.04. The molecule has 25 heavy (non-hydrogen) atoms. The van der Waals surface area contributed by atoms with Crippen LogP contribution >= 0.6 is 0 Å². The SMILES string of the molecule is CCCCCCCC(OCC)(OCC)[Si](OCC)(OCC)OOCC. The fourth-order valence-electron chi connectivity index (χ4n) is 2.83. The molecule has 0 aliphatic rings. The van der Waals surface area contributed by atoms with E-state index in [0.717, 1.165) is 12.8 Å². The molecule has 0 radical (unpaired) electrons. The molecule has 6 nitrogen and oxygen atoms in total. The van der Waals surface area contributed by atoms with Gasteiger partial charge < -0.3 is 18.3 Å². The van der Waals surface area contributed by atoms with Crippen LogP contribution in [0.5, 0.6) is 0 Å². The summed E-state index contributed by atoms with van der Waals surface area (Å²) >= 11 is 0. The Morgan fingerprint density at radius 1 is 0.640 bits per heavy atom. The molecular weight excluding hydrogens is 340 g/mol. The zero-order chi connectivity index (χ0) is 19.0. The molecule has 0 aromatic carbocycles. The maximum Gasteiger partial charge on any atom is 0.591 e. The van der Waals surface area contributed by atoms with Crippen molar-refractivity contribution in [2.24, 2.45) is 0 Å². The predicted octanol–water partition coefficient (Wildman–Crippen LogP) is 4.64. The van der Waals surface area contributed by atoms with Crippen LogP contribution in [-0.4, -0.2) is 47.2 Å². The van der Waals surface area contributed by atoms with Crippen LogP contribution in [0.1, 0.15) is 80.1 Å². The monoisotopic (exact) mass is 380 g/mol. The third-order valence-corrected chi connectivity index (χ3v) is 6.93. The smallest absolute Gasteiger partial charge is 0.369 e. The fourth-order valence-corrected chi connectivity index (χ4v) is 5.74. The van der Waals surface area contributed by atoms with Gasteiger partial charge in [-0.2, -0.15) is 0 Å². The molecule has 0 saturated carbocycles. The second kappa shape index (κ2) is 15.1. The molecule has 0 rings (SSSR count). The zero-order valence-corrected chi connectivity index (χ0v) is 18.2. The molecule has 0 bridgehead atoms. The first-order valence-electron chi connectivity index (χ1n) is 9.98.